The minimum absolute atomic E-state index is 0.206. The van der Waals surface area contributed by atoms with Gasteiger partial charge in [-0.1, -0.05) is 0 Å². The Kier molecular flexibility index (Phi) is 4.01. The number of halogens is 2. The van der Waals surface area contributed by atoms with E-state index in [4.69, 9.17) is 4.74 Å². The van der Waals surface area contributed by atoms with Crippen LogP contribution in [0.1, 0.15) is 24.5 Å². The van der Waals surface area contributed by atoms with Crippen molar-refractivity contribution in [3.8, 4) is 5.75 Å². The number of ether oxygens (including phenoxy) is 1. The second-order valence-electron chi connectivity index (χ2n) is 4.20. The van der Waals surface area contributed by atoms with E-state index >= 15 is 0 Å². The first kappa shape index (κ1) is 12.8. The fourth-order valence-corrected chi connectivity index (χ4v) is 2.15. The maximum absolute atomic E-state index is 13.3. The predicted molar refractivity (Wildman–Crippen MR) is 66.6 cm³/mol. The minimum atomic E-state index is -0.777. The molecule has 0 aliphatic heterocycles. The molecule has 1 fully saturated rings. The van der Waals surface area contributed by atoms with Crippen molar-refractivity contribution in [1.29, 1.82) is 0 Å². The first-order valence-corrected chi connectivity index (χ1v) is 6.39. The number of hydrogen-bond acceptors (Lipinski definition) is 3. The molecule has 0 spiro atoms. The molecule has 0 aromatic heterocycles. The number of hydrogen-bond donors (Lipinski definition) is 2. The number of nitrogens with one attached hydrogen (secondary N) is 1. The largest absolute Gasteiger partial charge is 0.489 e. The van der Waals surface area contributed by atoms with Gasteiger partial charge in [-0.3, -0.25) is 0 Å². The molecule has 5 heteroatoms. The van der Waals surface area contributed by atoms with Crippen LogP contribution in [0.15, 0.2) is 16.6 Å². The number of rotatable bonds is 5. The zero-order valence-corrected chi connectivity index (χ0v) is 11.1. The first-order chi connectivity index (χ1) is 8.11. The van der Waals surface area contributed by atoms with Crippen LogP contribution >= 0.6 is 15.9 Å². The van der Waals surface area contributed by atoms with Gasteiger partial charge in [0.2, 0.25) is 0 Å². The summed E-state index contributed by atoms with van der Waals surface area (Å²) in [4.78, 5) is 0. The van der Waals surface area contributed by atoms with E-state index in [2.05, 4.69) is 21.2 Å². The third-order valence-corrected chi connectivity index (χ3v) is 3.19. The Labute approximate surface area is 108 Å². The van der Waals surface area contributed by atoms with Crippen molar-refractivity contribution in [2.75, 3.05) is 13.6 Å². The van der Waals surface area contributed by atoms with Gasteiger partial charge >= 0.3 is 0 Å². The monoisotopic (exact) mass is 303 g/mol. The van der Waals surface area contributed by atoms with E-state index in [-0.39, 0.29) is 11.9 Å². The van der Waals surface area contributed by atoms with Crippen molar-refractivity contribution in [1.82, 2.24) is 5.32 Å². The molecule has 0 amide bonds. The third-order valence-electron chi connectivity index (χ3n) is 2.60. The number of aliphatic hydroxyl groups excluding tert-OH is 1. The Morgan fingerprint density at radius 2 is 2.29 bits per heavy atom. The molecule has 0 radical (unpaired) electrons. The van der Waals surface area contributed by atoms with Gasteiger partial charge in [-0.05, 0) is 48.0 Å². The van der Waals surface area contributed by atoms with E-state index in [1.807, 2.05) is 0 Å². The zero-order valence-electron chi connectivity index (χ0n) is 9.54. The molecule has 1 unspecified atom stereocenters. The van der Waals surface area contributed by atoms with Crippen molar-refractivity contribution in [2.45, 2.75) is 25.0 Å². The average Bonchev–Trinajstić information content (AvgIpc) is 3.05. The Balaban J connectivity index is 2.31. The molecule has 1 aromatic carbocycles. The summed E-state index contributed by atoms with van der Waals surface area (Å²) in [6.07, 6.45) is 1.47. The topological polar surface area (TPSA) is 41.5 Å². The van der Waals surface area contributed by atoms with Gasteiger partial charge in [0.25, 0.3) is 0 Å². The molecule has 1 aliphatic rings. The van der Waals surface area contributed by atoms with Gasteiger partial charge in [0.15, 0.2) is 0 Å². The summed E-state index contributed by atoms with van der Waals surface area (Å²) in [6.45, 7) is 0.358. The van der Waals surface area contributed by atoms with Gasteiger partial charge < -0.3 is 15.2 Å². The van der Waals surface area contributed by atoms with Gasteiger partial charge in [-0.2, -0.15) is 0 Å². The second-order valence-corrected chi connectivity index (χ2v) is 5.05. The Morgan fingerprint density at radius 1 is 1.59 bits per heavy atom. The number of likely N-dealkylation sites (N-methyl/N-ethyl adjacent to an activating group) is 1. The predicted octanol–water partition coefficient (Wildman–Crippen LogP) is 2.38. The molecule has 0 heterocycles. The lowest BCUT2D eigenvalue weighted by Crippen LogP contribution is -2.18. The fraction of sp³-hybridized carbons (Fsp3) is 0.500. The maximum Gasteiger partial charge on any atom is 0.139 e. The Morgan fingerprint density at radius 3 is 2.88 bits per heavy atom. The van der Waals surface area contributed by atoms with Crippen LogP contribution < -0.4 is 10.1 Å². The normalized spacial score (nSPS) is 16.9. The van der Waals surface area contributed by atoms with E-state index < -0.39 is 6.10 Å². The van der Waals surface area contributed by atoms with Crippen molar-refractivity contribution in [3.05, 3.63) is 28.0 Å². The zero-order chi connectivity index (χ0) is 12.4. The quantitative estimate of drug-likeness (QED) is 0.877. The summed E-state index contributed by atoms with van der Waals surface area (Å²) in [6, 6.07) is 2.68. The van der Waals surface area contributed by atoms with Crippen LogP contribution in [0.3, 0.4) is 0 Å². The fourth-order valence-electron chi connectivity index (χ4n) is 1.61. The molecule has 94 valence electrons. The van der Waals surface area contributed by atoms with Crippen molar-refractivity contribution in [3.63, 3.8) is 0 Å². The molecule has 1 aromatic rings. The van der Waals surface area contributed by atoms with Crippen molar-refractivity contribution < 1.29 is 14.2 Å². The van der Waals surface area contributed by atoms with Crippen LogP contribution in [-0.4, -0.2) is 24.8 Å². The molecule has 0 saturated heterocycles. The lowest BCUT2D eigenvalue weighted by atomic mass is 10.1. The molecular formula is C12H15BrFNO2. The summed E-state index contributed by atoms with van der Waals surface area (Å²) < 4.78 is 19.6. The van der Waals surface area contributed by atoms with Crippen molar-refractivity contribution in [2.24, 2.45) is 0 Å². The van der Waals surface area contributed by atoms with E-state index in [0.29, 0.717) is 22.3 Å². The molecule has 2 rings (SSSR count). The van der Waals surface area contributed by atoms with Crippen LogP contribution in [0, 0.1) is 5.82 Å². The summed E-state index contributed by atoms with van der Waals surface area (Å²) in [5.74, 6) is 0.168. The smallest absolute Gasteiger partial charge is 0.139 e. The summed E-state index contributed by atoms with van der Waals surface area (Å²) in [7, 11) is 1.74. The Bertz CT molecular complexity index is 410. The molecule has 17 heavy (non-hydrogen) atoms. The van der Waals surface area contributed by atoms with Crippen LogP contribution in [0.2, 0.25) is 0 Å². The number of benzene rings is 1. The summed E-state index contributed by atoms with van der Waals surface area (Å²) in [5, 5.41) is 12.8. The third kappa shape index (κ3) is 3.18. The summed E-state index contributed by atoms with van der Waals surface area (Å²) in [5.41, 5.74) is 0.484. The highest BCUT2D eigenvalue weighted by atomic mass is 79.9. The lowest BCUT2D eigenvalue weighted by molar-refractivity contribution is 0.169. The van der Waals surface area contributed by atoms with E-state index in [0.717, 1.165) is 12.8 Å². The molecular weight excluding hydrogens is 289 g/mol. The summed E-state index contributed by atoms with van der Waals surface area (Å²) >= 11 is 3.28. The van der Waals surface area contributed by atoms with Gasteiger partial charge in [0, 0.05) is 12.1 Å². The van der Waals surface area contributed by atoms with Gasteiger partial charge in [-0.25, -0.2) is 4.39 Å². The lowest BCUT2D eigenvalue weighted by Gasteiger charge is -2.17. The van der Waals surface area contributed by atoms with E-state index in [1.54, 1.807) is 7.05 Å². The van der Waals surface area contributed by atoms with E-state index in [9.17, 15) is 9.50 Å². The highest BCUT2D eigenvalue weighted by molar-refractivity contribution is 9.10. The Hall–Kier alpha value is -0.650. The van der Waals surface area contributed by atoms with Gasteiger partial charge in [0.1, 0.15) is 11.6 Å². The average molecular weight is 304 g/mol. The highest BCUT2D eigenvalue weighted by Crippen LogP contribution is 2.38. The minimum Gasteiger partial charge on any atom is -0.489 e. The molecule has 2 N–H and O–H groups in total. The number of aliphatic hydroxyl groups is 1. The van der Waals surface area contributed by atoms with Gasteiger partial charge in [-0.15, -0.1) is 0 Å². The van der Waals surface area contributed by atoms with E-state index in [1.165, 1.54) is 12.1 Å². The second kappa shape index (κ2) is 5.33. The highest BCUT2D eigenvalue weighted by Gasteiger charge is 2.27. The van der Waals surface area contributed by atoms with Crippen LogP contribution in [0.4, 0.5) is 4.39 Å². The van der Waals surface area contributed by atoms with Crippen molar-refractivity contribution >= 4 is 15.9 Å². The molecule has 0 bridgehead atoms. The SMILES string of the molecule is CNCC(O)c1cc(F)cc(Br)c1OC1CC1. The first-order valence-electron chi connectivity index (χ1n) is 5.60. The van der Waals surface area contributed by atoms with Gasteiger partial charge in [0.05, 0.1) is 16.7 Å². The van der Waals surface area contributed by atoms with Crippen LogP contribution in [0.25, 0.3) is 0 Å². The molecule has 1 aliphatic carbocycles. The molecule has 3 nitrogen and oxygen atoms in total. The standard InChI is InChI=1S/C12H15BrFNO2/c1-15-6-11(16)9-4-7(14)5-10(13)12(9)17-8-2-3-8/h4-5,8,11,15-16H,2-3,6H2,1H3. The molecule has 1 saturated carbocycles. The van der Waals surface area contributed by atoms with Crippen LogP contribution in [0.5, 0.6) is 5.75 Å². The maximum atomic E-state index is 13.3. The molecule has 1 atom stereocenters. The van der Waals surface area contributed by atoms with Crippen LogP contribution in [-0.2, 0) is 0 Å².